The largest absolute Gasteiger partial charge is 0.504 e. The van der Waals surface area contributed by atoms with Gasteiger partial charge in [0.05, 0.1) is 12.0 Å². The first-order valence-corrected chi connectivity index (χ1v) is 7.45. The zero-order valence-corrected chi connectivity index (χ0v) is 12.7. The van der Waals surface area contributed by atoms with Gasteiger partial charge in [-0.25, -0.2) is 4.79 Å². The van der Waals surface area contributed by atoms with Crippen molar-refractivity contribution >= 4 is 23.6 Å². The maximum Gasteiger partial charge on any atom is 0.344 e. The van der Waals surface area contributed by atoms with Crippen LogP contribution >= 0.6 is 0 Å². The molecule has 0 bridgehead atoms. The molecule has 1 aliphatic carbocycles. The van der Waals surface area contributed by atoms with Crippen LogP contribution in [0.5, 0.6) is 23.0 Å². The molecule has 2 aliphatic rings. The van der Waals surface area contributed by atoms with Gasteiger partial charge in [0.2, 0.25) is 0 Å². The number of rotatable bonds is 2. The molecule has 25 heavy (non-hydrogen) atoms. The monoisotopic (exact) mass is 340 g/mol. The van der Waals surface area contributed by atoms with E-state index in [9.17, 15) is 30.0 Å². The summed E-state index contributed by atoms with van der Waals surface area (Å²) in [6, 6.07) is 5.56. The molecule has 0 aromatic heterocycles. The van der Waals surface area contributed by atoms with Crippen LogP contribution in [0.3, 0.4) is 0 Å². The third kappa shape index (κ3) is 2.06. The Labute approximate surface area is 141 Å². The van der Waals surface area contributed by atoms with E-state index in [4.69, 9.17) is 4.74 Å². The van der Waals surface area contributed by atoms with Gasteiger partial charge >= 0.3 is 11.9 Å². The third-order valence-electron chi connectivity index (χ3n) is 4.49. The van der Waals surface area contributed by atoms with E-state index in [0.29, 0.717) is 16.7 Å². The van der Waals surface area contributed by atoms with Crippen LogP contribution in [0.1, 0.15) is 34.6 Å². The molecule has 0 fully saturated rings. The van der Waals surface area contributed by atoms with Gasteiger partial charge in [0.25, 0.3) is 0 Å². The molecule has 0 saturated carbocycles. The van der Waals surface area contributed by atoms with Crippen molar-refractivity contribution in [2.24, 2.45) is 0 Å². The molecule has 0 saturated heterocycles. The Bertz CT molecular complexity index is 987. The fourth-order valence-corrected chi connectivity index (χ4v) is 3.44. The number of carbonyl (C=O) groups excluding carboxylic acids is 1. The van der Waals surface area contributed by atoms with E-state index >= 15 is 0 Å². The second-order valence-electron chi connectivity index (χ2n) is 5.91. The quantitative estimate of drug-likeness (QED) is 0.375. The summed E-state index contributed by atoms with van der Waals surface area (Å²) in [5, 5.41) is 39.5. The number of phenols is 3. The minimum Gasteiger partial charge on any atom is -0.504 e. The van der Waals surface area contributed by atoms with Gasteiger partial charge in [-0.3, -0.25) is 4.79 Å². The zero-order valence-electron chi connectivity index (χ0n) is 12.7. The number of ether oxygens (including phenoxy) is 1. The fraction of sp³-hybridized carbons (Fsp3) is 0.111. The van der Waals surface area contributed by atoms with Crippen molar-refractivity contribution in [3.63, 3.8) is 0 Å². The lowest BCUT2D eigenvalue weighted by Gasteiger charge is -2.20. The summed E-state index contributed by atoms with van der Waals surface area (Å²) in [5.41, 5.74) is 1.51. The number of carbonyl (C=O) groups is 2. The van der Waals surface area contributed by atoms with Crippen LogP contribution in [0.15, 0.2) is 24.3 Å². The maximum absolute atomic E-state index is 12.2. The van der Waals surface area contributed by atoms with Crippen molar-refractivity contribution in [3.05, 3.63) is 46.5 Å². The van der Waals surface area contributed by atoms with E-state index < -0.39 is 23.6 Å². The first kappa shape index (κ1) is 15.1. The highest BCUT2D eigenvalue weighted by atomic mass is 16.5. The van der Waals surface area contributed by atoms with Gasteiger partial charge in [0.15, 0.2) is 23.0 Å². The Morgan fingerprint density at radius 2 is 1.80 bits per heavy atom. The summed E-state index contributed by atoms with van der Waals surface area (Å²) in [5.74, 6) is -3.70. The minimum atomic E-state index is -1.12. The van der Waals surface area contributed by atoms with Gasteiger partial charge in [-0.2, -0.15) is 0 Å². The Kier molecular flexibility index (Phi) is 3.02. The molecule has 1 heterocycles. The highest BCUT2D eigenvalue weighted by Crippen LogP contribution is 2.52. The van der Waals surface area contributed by atoms with E-state index in [1.807, 2.05) is 0 Å². The van der Waals surface area contributed by atoms with Crippen LogP contribution in [-0.4, -0.2) is 32.4 Å². The highest BCUT2D eigenvalue weighted by Gasteiger charge is 2.39. The van der Waals surface area contributed by atoms with Crippen molar-refractivity contribution < 1.29 is 34.8 Å². The number of esters is 1. The topological polar surface area (TPSA) is 124 Å². The third-order valence-corrected chi connectivity index (χ3v) is 4.49. The Morgan fingerprint density at radius 3 is 2.52 bits per heavy atom. The lowest BCUT2D eigenvalue weighted by molar-refractivity contribution is -0.137. The first-order chi connectivity index (χ1) is 11.9. The Hall–Kier alpha value is -3.48. The number of carboxylic acids is 1. The lowest BCUT2D eigenvalue weighted by Crippen LogP contribution is -2.10. The molecule has 0 radical (unpaired) electrons. The maximum atomic E-state index is 12.2. The number of hydrogen-bond acceptors (Lipinski definition) is 6. The molecule has 1 aliphatic heterocycles. The van der Waals surface area contributed by atoms with Gasteiger partial charge in [-0.05, 0) is 29.3 Å². The van der Waals surface area contributed by atoms with E-state index in [1.165, 1.54) is 30.3 Å². The number of aromatic hydroxyl groups is 3. The van der Waals surface area contributed by atoms with Crippen LogP contribution < -0.4 is 4.74 Å². The normalized spacial score (nSPS) is 17.2. The molecule has 7 heteroatoms. The molecular weight excluding hydrogens is 328 g/mol. The van der Waals surface area contributed by atoms with Crippen molar-refractivity contribution in [2.45, 2.75) is 12.3 Å². The van der Waals surface area contributed by atoms with Gasteiger partial charge < -0.3 is 25.2 Å². The summed E-state index contributed by atoms with van der Waals surface area (Å²) in [6.45, 7) is 0. The summed E-state index contributed by atoms with van der Waals surface area (Å²) in [6.07, 6.45) is 1.09. The molecule has 1 atom stereocenters. The second kappa shape index (κ2) is 5.01. The molecule has 4 rings (SSSR count). The van der Waals surface area contributed by atoms with E-state index in [0.717, 1.165) is 0 Å². The van der Waals surface area contributed by atoms with Gasteiger partial charge in [-0.1, -0.05) is 12.1 Å². The number of carboxylic acid groups (broad SMARTS) is 1. The van der Waals surface area contributed by atoms with E-state index in [-0.39, 0.29) is 34.8 Å². The molecule has 1 unspecified atom stereocenters. The average molecular weight is 340 g/mol. The summed E-state index contributed by atoms with van der Waals surface area (Å²) in [4.78, 5) is 23.6. The van der Waals surface area contributed by atoms with Crippen LogP contribution in [0.4, 0.5) is 0 Å². The van der Waals surface area contributed by atoms with Crippen LogP contribution in [-0.2, 0) is 9.59 Å². The molecule has 126 valence electrons. The molecular formula is C18H12O7. The summed E-state index contributed by atoms with van der Waals surface area (Å²) < 4.78 is 5.12. The Balaban J connectivity index is 2.11. The second-order valence-corrected chi connectivity index (χ2v) is 5.91. The SMILES string of the molecule is O=C(O)CC1c2ccc(O)c3c2C(=Cc2ccc(O)c(O)c21)C(=O)O3. The average Bonchev–Trinajstić information content (AvgIpc) is 2.80. The highest BCUT2D eigenvalue weighted by molar-refractivity contribution is 6.27. The van der Waals surface area contributed by atoms with Crippen molar-refractivity contribution in [1.82, 2.24) is 0 Å². The predicted octanol–water partition coefficient (Wildman–Crippen LogP) is 2.18. The molecule has 0 amide bonds. The number of aliphatic carboxylic acids is 1. The Morgan fingerprint density at radius 1 is 1.08 bits per heavy atom. The predicted molar refractivity (Wildman–Crippen MR) is 85.5 cm³/mol. The van der Waals surface area contributed by atoms with Crippen molar-refractivity contribution in [2.75, 3.05) is 0 Å². The summed E-state index contributed by atoms with van der Waals surface area (Å²) >= 11 is 0. The fourth-order valence-electron chi connectivity index (χ4n) is 3.44. The van der Waals surface area contributed by atoms with Gasteiger partial charge in [0, 0.05) is 17.0 Å². The van der Waals surface area contributed by atoms with Crippen LogP contribution in [0.2, 0.25) is 0 Å². The molecule has 7 nitrogen and oxygen atoms in total. The van der Waals surface area contributed by atoms with Crippen LogP contribution in [0.25, 0.3) is 11.6 Å². The van der Waals surface area contributed by atoms with Gasteiger partial charge in [-0.15, -0.1) is 0 Å². The van der Waals surface area contributed by atoms with Crippen molar-refractivity contribution in [3.8, 4) is 23.0 Å². The summed E-state index contributed by atoms with van der Waals surface area (Å²) in [7, 11) is 0. The standard InChI is InChI=1S/C18H12O7/c19-11-3-1-7-5-10-15-8(2-4-12(20)17(15)25-18(10)24)9(6-13(21)22)14(7)16(11)23/h1-5,9,19-20,23H,6H2,(H,21,22). The molecule has 2 aromatic carbocycles. The molecule has 0 spiro atoms. The van der Waals surface area contributed by atoms with Crippen LogP contribution in [0, 0.1) is 0 Å². The first-order valence-electron chi connectivity index (χ1n) is 7.45. The minimum absolute atomic E-state index is 0.0272. The zero-order chi connectivity index (χ0) is 17.9. The molecule has 4 N–H and O–H groups in total. The van der Waals surface area contributed by atoms with Gasteiger partial charge in [0.1, 0.15) is 0 Å². The molecule has 2 aromatic rings. The number of fused-ring (bicyclic) bond motifs is 1. The van der Waals surface area contributed by atoms with E-state index in [1.54, 1.807) is 0 Å². The lowest BCUT2D eigenvalue weighted by atomic mass is 9.84. The number of benzene rings is 2. The van der Waals surface area contributed by atoms with Crippen molar-refractivity contribution in [1.29, 1.82) is 0 Å². The van der Waals surface area contributed by atoms with E-state index in [2.05, 4.69) is 0 Å². The number of phenolic OH excluding ortho intramolecular Hbond substituents is 3. The number of hydrogen-bond donors (Lipinski definition) is 4. The smallest absolute Gasteiger partial charge is 0.344 e.